The molecule has 4 heteroatoms. The van der Waals surface area contributed by atoms with Crippen molar-refractivity contribution in [2.45, 2.75) is 19.3 Å². The van der Waals surface area contributed by atoms with E-state index in [1.54, 1.807) is 10.8 Å². The minimum absolute atomic E-state index is 1.23. The largest absolute Gasteiger partial charge is 0.0845 e. The third-order valence-electron chi connectivity index (χ3n) is 1.34. The van der Waals surface area contributed by atoms with Crippen LogP contribution in [0.4, 0.5) is 0 Å². The lowest BCUT2D eigenvalue weighted by atomic mass is 10.2. The summed E-state index contributed by atoms with van der Waals surface area (Å²) in [6.45, 7) is 0. The molecule has 1 aliphatic heterocycles. The van der Waals surface area contributed by atoms with Crippen LogP contribution >= 0.6 is 41.2 Å². The molecule has 0 saturated heterocycles. The molecule has 12 heavy (non-hydrogen) atoms. The summed E-state index contributed by atoms with van der Waals surface area (Å²) in [6.07, 6.45) is 10.4. The van der Waals surface area contributed by atoms with Crippen LogP contribution in [0.3, 0.4) is 0 Å². The van der Waals surface area contributed by atoms with Crippen molar-refractivity contribution in [3.63, 3.8) is 0 Å². The Morgan fingerprint density at radius 1 is 1.00 bits per heavy atom. The minimum Gasteiger partial charge on any atom is -0.0845 e. The van der Waals surface area contributed by atoms with Crippen molar-refractivity contribution >= 4 is 41.2 Å². The second-order valence-corrected chi connectivity index (χ2v) is 8.24. The normalized spacial score (nSPS) is 21.3. The topological polar surface area (TPSA) is 0 Å². The molecular weight excluding hydrogens is 224 g/mol. The molecule has 0 nitrogen and oxygen atoms in total. The average Bonchev–Trinajstić information content (AvgIpc) is 2.05. The maximum Gasteiger partial charge on any atom is 0.00455 e. The molecule has 0 fully saturated rings. The predicted octanol–water partition coefficient (Wildman–Crippen LogP) is 4.92. The second-order valence-electron chi connectivity index (χ2n) is 2.31. The predicted molar refractivity (Wildman–Crippen MR) is 67.4 cm³/mol. The van der Waals surface area contributed by atoms with E-state index in [1.165, 1.54) is 25.0 Å². The quantitative estimate of drug-likeness (QED) is 0.547. The summed E-state index contributed by atoms with van der Waals surface area (Å²) >= 11 is 0. The van der Waals surface area contributed by atoms with Crippen molar-refractivity contribution in [1.29, 1.82) is 0 Å². The van der Waals surface area contributed by atoms with E-state index in [4.69, 9.17) is 0 Å². The van der Waals surface area contributed by atoms with Crippen LogP contribution in [0.25, 0.3) is 0 Å². The van der Waals surface area contributed by atoms with Crippen LogP contribution in [0.15, 0.2) is 23.6 Å². The van der Waals surface area contributed by atoms with E-state index < -0.39 is 0 Å². The summed E-state index contributed by atoms with van der Waals surface area (Å²) in [6, 6.07) is 0. The van der Waals surface area contributed by atoms with Crippen LogP contribution < -0.4 is 0 Å². The fourth-order valence-corrected chi connectivity index (χ4v) is 6.12. The molecule has 0 unspecified atom stereocenters. The Morgan fingerprint density at radius 2 is 2.00 bits per heavy atom. The summed E-state index contributed by atoms with van der Waals surface area (Å²) < 4.78 is 0. The van der Waals surface area contributed by atoms with E-state index in [9.17, 15) is 0 Å². The van der Waals surface area contributed by atoms with Crippen molar-refractivity contribution in [3.05, 3.63) is 23.6 Å². The van der Waals surface area contributed by atoms with Gasteiger partial charge >= 0.3 is 0 Å². The Hall–Kier alpha value is 0.880. The number of hydrogen-bond acceptors (Lipinski definition) is 4. The highest BCUT2D eigenvalue weighted by molar-refractivity contribution is 9.26. The summed E-state index contributed by atoms with van der Waals surface area (Å²) in [5.74, 6) is 1.29. The maximum absolute atomic E-state index is 2.25. The summed E-state index contributed by atoms with van der Waals surface area (Å²) in [4.78, 5) is 0. The standard InChI is InChI=1S/C8H12S4/c1-2-4-6-8-10-12-11-9-7-5-3-1/h1,3,5,7H,2,4,6,8H2. The van der Waals surface area contributed by atoms with E-state index in [1.807, 2.05) is 30.4 Å². The molecule has 0 amide bonds. The fourth-order valence-electron chi connectivity index (χ4n) is 0.768. The SMILES string of the molecule is C1=CCCCCSSSSC=C1. The van der Waals surface area contributed by atoms with Gasteiger partial charge < -0.3 is 0 Å². The second kappa shape index (κ2) is 8.48. The Labute approximate surface area is 89.6 Å². The van der Waals surface area contributed by atoms with Crippen molar-refractivity contribution in [3.8, 4) is 0 Å². The summed E-state index contributed by atoms with van der Waals surface area (Å²) in [5.41, 5.74) is 0. The van der Waals surface area contributed by atoms with E-state index >= 15 is 0 Å². The van der Waals surface area contributed by atoms with Gasteiger partial charge in [0.1, 0.15) is 0 Å². The third kappa shape index (κ3) is 6.40. The molecule has 0 radical (unpaired) electrons. The first-order valence-corrected chi connectivity index (χ1v) is 8.98. The molecule has 1 aliphatic rings. The van der Waals surface area contributed by atoms with Crippen molar-refractivity contribution in [2.24, 2.45) is 0 Å². The maximum atomic E-state index is 2.25. The van der Waals surface area contributed by atoms with E-state index in [0.717, 1.165) is 0 Å². The molecule has 1 rings (SSSR count). The van der Waals surface area contributed by atoms with Crippen LogP contribution in [0.5, 0.6) is 0 Å². The van der Waals surface area contributed by atoms with Gasteiger partial charge in [0, 0.05) is 5.75 Å². The van der Waals surface area contributed by atoms with Gasteiger partial charge in [0.2, 0.25) is 0 Å². The molecule has 0 aromatic carbocycles. The van der Waals surface area contributed by atoms with Crippen LogP contribution in [0, 0.1) is 0 Å². The van der Waals surface area contributed by atoms with Crippen LogP contribution in [-0.4, -0.2) is 5.75 Å². The highest BCUT2D eigenvalue weighted by atomic mass is 33.7. The van der Waals surface area contributed by atoms with Gasteiger partial charge in [-0.1, -0.05) is 39.8 Å². The molecule has 0 aromatic rings. The molecule has 1 heterocycles. The molecule has 0 spiro atoms. The lowest BCUT2D eigenvalue weighted by Gasteiger charge is -1.98. The Bertz CT molecular complexity index is 135. The van der Waals surface area contributed by atoms with Crippen LogP contribution in [-0.2, 0) is 0 Å². The first-order chi connectivity index (χ1) is 6.00. The van der Waals surface area contributed by atoms with Gasteiger partial charge in [0.25, 0.3) is 0 Å². The third-order valence-corrected chi connectivity index (χ3v) is 7.40. The summed E-state index contributed by atoms with van der Waals surface area (Å²) in [7, 11) is 7.50. The highest BCUT2D eigenvalue weighted by Crippen LogP contribution is 2.43. The van der Waals surface area contributed by atoms with Gasteiger partial charge in [0.05, 0.1) is 0 Å². The minimum atomic E-state index is 1.23. The molecule has 0 bridgehead atoms. The average molecular weight is 236 g/mol. The van der Waals surface area contributed by atoms with Crippen molar-refractivity contribution in [2.75, 3.05) is 5.75 Å². The molecule has 0 aromatic heterocycles. The van der Waals surface area contributed by atoms with Crippen LogP contribution in [0.2, 0.25) is 0 Å². The molecule has 0 atom stereocenters. The van der Waals surface area contributed by atoms with E-state index in [2.05, 4.69) is 23.6 Å². The van der Waals surface area contributed by atoms with E-state index in [0.29, 0.717) is 0 Å². The zero-order chi connectivity index (χ0) is 8.49. The number of hydrogen-bond donors (Lipinski definition) is 0. The Kier molecular flexibility index (Phi) is 7.74. The molecule has 0 saturated carbocycles. The summed E-state index contributed by atoms with van der Waals surface area (Å²) in [5, 5.41) is 2.14. The first kappa shape index (κ1) is 11.0. The first-order valence-electron chi connectivity index (χ1n) is 3.93. The number of rotatable bonds is 0. The van der Waals surface area contributed by atoms with E-state index in [-0.39, 0.29) is 0 Å². The van der Waals surface area contributed by atoms with Gasteiger partial charge in [-0.2, -0.15) is 0 Å². The lowest BCUT2D eigenvalue weighted by molar-refractivity contribution is 0.824. The Morgan fingerprint density at radius 3 is 3.00 bits per heavy atom. The number of allylic oxidation sites excluding steroid dienone is 3. The van der Waals surface area contributed by atoms with Crippen molar-refractivity contribution in [1.82, 2.24) is 0 Å². The smallest absolute Gasteiger partial charge is 0.00455 e. The van der Waals surface area contributed by atoms with Gasteiger partial charge in [-0.25, -0.2) is 0 Å². The van der Waals surface area contributed by atoms with Gasteiger partial charge in [-0.15, -0.1) is 0 Å². The molecule has 68 valence electrons. The van der Waals surface area contributed by atoms with Crippen LogP contribution in [0.1, 0.15) is 19.3 Å². The molecular formula is C8H12S4. The lowest BCUT2D eigenvalue weighted by Crippen LogP contribution is -1.76. The molecule has 0 N–H and O–H groups in total. The van der Waals surface area contributed by atoms with Gasteiger partial charge in [-0.05, 0) is 44.3 Å². The Balaban J connectivity index is 2.21. The monoisotopic (exact) mass is 236 g/mol. The fraction of sp³-hybridized carbons (Fsp3) is 0.500. The molecule has 0 aliphatic carbocycles. The van der Waals surface area contributed by atoms with Crippen molar-refractivity contribution < 1.29 is 0 Å². The highest BCUT2D eigenvalue weighted by Gasteiger charge is 1.92. The zero-order valence-corrected chi connectivity index (χ0v) is 10.0. The van der Waals surface area contributed by atoms with Gasteiger partial charge in [0.15, 0.2) is 0 Å². The van der Waals surface area contributed by atoms with Gasteiger partial charge in [-0.3, -0.25) is 0 Å². The zero-order valence-electron chi connectivity index (χ0n) is 6.77.